The van der Waals surface area contributed by atoms with Crippen LogP contribution in [0.1, 0.15) is 34.6 Å². The Balaban J connectivity index is 1.72. The second kappa shape index (κ2) is 7.53. The summed E-state index contributed by atoms with van der Waals surface area (Å²) in [6, 6.07) is 8.41. The summed E-state index contributed by atoms with van der Waals surface area (Å²) in [5.41, 5.74) is 3.08. The normalized spacial score (nSPS) is 12.8. The Kier molecular flexibility index (Phi) is 5.31. The molecule has 0 saturated carbocycles. The highest BCUT2D eigenvalue weighted by atomic mass is 19.4. The molecule has 0 aliphatic rings. The number of hydrogen-bond donors (Lipinski definition) is 1. The fourth-order valence-corrected chi connectivity index (χ4v) is 2.93. The summed E-state index contributed by atoms with van der Waals surface area (Å²) in [7, 11) is 1.87. The number of carbonyl (C=O) groups is 1. The van der Waals surface area contributed by atoms with E-state index in [-0.39, 0.29) is 11.7 Å². The van der Waals surface area contributed by atoms with Crippen molar-refractivity contribution in [2.24, 2.45) is 7.05 Å². The molecule has 8 heteroatoms. The minimum Gasteiger partial charge on any atom is -0.483 e. The Labute approximate surface area is 160 Å². The van der Waals surface area contributed by atoms with Crippen LogP contribution in [-0.2, 0) is 7.05 Å². The maximum absolute atomic E-state index is 12.7. The number of amides is 1. The summed E-state index contributed by atoms with van der Waals surface area (Å²) >= 11 is 0. The van der Waals surface area contributed by atoms with Crippen LogP contribution in [0.25, 0.3) is 10.9 Å². The van der Waals surface area contributed by atoms with E-state index in [1.54, 1.807) is 13.1 Å². The molecule has 1 amide bonds. The summed E-state index contributed by atoms with van der Waals surface area (Å²) in [5.74, 6) is -0.230. The van der Waals surface area contributed by atoms with E-state index in [4.69, 9.17) is 0 Å². The lowest BCUT2D eigenvalue weighted by Gasteiger charge is -2.14. The summed E-state index contributed by atoms with van der Waals surface area (Å²) in [5, 5.41) is 3.73. The van der Waals surface area contributed by atoms with Gasteiger partial charge in [-0.05, 0) is 38.1 Å². The molecule has 0 radical (unpaired) electrons. The van der Waals surface area contributed by atoms with Crippen LogP contribution in [0.3, 0.4) is 0 Å². The van der Waals surface area contributed by atoms with E-state index < -0.39 is 18.8 Å². The number of halogens is 3. The third kappa shape index (κ3) is 4.44. The summed E-state index contributed by atoms with van der Waals surface area (Å²) in [6.45, 7) is 2.34. The average molecular weight is 391 g/mol. The predicted molar refractivity (Wildman–Crippen MR) is 99.3 cm³/mol. The number of rotatable bonds is 5. The topological polar surface area (TPSA) is 56.1 Å². The molecule has 0 saturated heterocycles. The molecule has 2 heterocycles. The molecule has 0 aliphatic carbocycles. The number of carbonyl (C=O) groups excluding carboxylic acids is 1. The molecule has 3 aromatic rings. The van der Waals surface area contributed by atoms with E-state index in [1.807, 2.05) is 36.7 Å². The third-order valence-corrected chi connectivity index (χ3v) is 4.34. The predicted octanol–water partition coefficient (Wildman–Crippen LogP) is 4.31. The first-order chi connectivity index (χ1) is 13.1. The maximum atomic E-state index is 12.7. The maximum Gasteiger partial charge on any atom is 0.422 e. The van der Waals surface area contributed by atoms with Gasteiger partial charge in [-0.1, -0.05) is 11.6 Å². The molecule has 0 spiro atoms. The highest BCUT2D eigenvalue weighted by Crippen LogP contribution is 2.23. The molecule has 1 atom stereocenters. The van der Waals surface area contributed by atoms with Gasteiger partial charge < -0.3 is 14.6 Å². The van der Waals surface area contributed by atoms with Crippen molar-refractivity contribution < 1.29 is 22.7 Å². The molecule has 5 nitrogen and oxygen atoms in total. The van der Waals surface area contributed by atoms with Gasteiger partial charge in [-0.15, -0.1) is 0 Å². The van der Waals surface area contributed by atoms with Crippen LogP contribution < -0.4 is 10.1 Å². The average Bonchev–Trinajstić information content (AvgIpc) is 2.96. The van der Waals surface area contributed by atoms with Crippen molar-refractivity contribution in [2.75, 3.05) is 6.61 Å². The van der Waals surface area contributed by atoms with Crippen LogP contribution in [0.4, 0.5) is 13.2 Å². The molecule has 2 aromatic heterocycles. The number of nitrogens with one attached hydrogen (secondary N) is 1. The van der Waals surface area contributed by atoms with Gasteiger partial charge in [0.15, 0.2) is 6.61 Å². The van der Waals surface area contributed by atoms with Crippen LogP contribution >= 0.6 is 0 Å². The zero-order valence-electron chi connectivity index (χ0n) is 15.7. The van der Waals surface area contributed by atoms with Crippen LogP contribution in [0.15, 0.2) is 42.7 Å². The third-order valence-electron chi connectivity index (χ3n) is 4.34. The first kappa shape index (κ1) is 19.7. The minimum absolute atomic E-state index is 0.0177. The number of benzene rings is 1. The highest BCUT2D eigenvalue weighted by molar-refractivity contribution is 6.07. The van der Waals surface area contributed by atoms with Crippen molar-refractivity contribution in [1.82, 2.24) is 14.9 Å². The lowest BCUT2D eigenvalue weighted by molar-refractivity contribution is -0.153. The Morgan fingerprint density at radius 1 is 1.29 bits per heavy atom. The monoisotopic (exact) mass is 391 g/mol. The van der Waals surface area contributed by atoms with E-state index >= 15 is 0 Å². The number of aromatic nitrogens is 2. The molecule has 0 unspecified atom stereocenters. The second-order valence-corrected chi connectivity index (χ2v) is 6.69. The molecule has 1 N–H and O–H groups in total. The standard InChI is InChI=1S/C20H20F3N3O2/c1-12-4-7-18-15(8-12)16(10-26(18)3)19(27)25-13(2)17-6-5-14(9-24-17)28-11-20(21,22)23/h4-10,13H,11H2,1-3H3,(H,25,27)/t13-/m1/s1. The van der Waals surface area contributed by atoms with Gasteiger partial charge in [0, 0.05) is 24.1 Å². The van der Waals surface area contributed by atoms with Crippen molar-refractivity contribution in [1.29, 1.82) is 0 Å². The van der Waals surface area contributed by atoms with E-state index in [9.17, 15) is 18.0 Å². The van der Waals surface area contributed by atoms with Crippen molar-refractivity contribution in [3.63, 3.8) is 0 Å². The van der Waals surface area contributed by atoms with E-state index in [2.05, 4.69) is 15.0 Å². The summed E-state index contributed by atoms with van der Waals surface area (Å²) in [6.07, 6.45) is -1.42. The van der Waals surface area contributed by atoms with Gasteiger partial charge in [-0.3, -0.25) is 9.78 Å². The van der Waals surface area contributed by atoms with Gasteiger partial charge in [0.2, 0.25) is 0 Å². The second-order valence-electron chi connectivity index (χ2n) is 6.69. The smallest absolute Gasteiger partial charge is 0.422 e. The zero-order valence-corrected chi connectivity index (χ0v) is 15.7. The van der Waals surface area contributed by atoms with Gasteiger partial charge in [-0.2, -0.15) is 13.2 Å². The van der Waals surface area contributed by atoms with Crippen LogP contribution in [0.2, 0.25) is 0 Å². The quantitative estimate of drug-likeness (QED) is 0.705. The molecule has 0 aliphatic heterocycles. The Morgan fingerprint density at radius 3 is 2.68 bits per heavy atom. The van der Waals surface area contributed by atoms with Crippen LogP contribution in [-0.4, -0.2) is 28.2 Å². The molecule has 148 valence electrons. The SMILES string of the molecule is Cc1ccc2c(c1)c(C(=O)N[C@H](C)c1ccc(OCC(F)(F)F)cn1)cn2C. The molecular formula is C20H20F3N3O2. The Hall–Kier alpha value is -3.03. The lowest BCUT2D eigenvalue weighted by atomic mass is 10.1. The molecule has 3 rings (SSSR count). The fourth-order valence-electron chi connectivity index (χ4n) is 2.93. The van der Waals surface area contributed by atoms with Gasteiger partial charge in [0.05, 0.1) is 23.5 Å². The molecule has 1 aromatic carbocycles. The largest absolute Gasteiger partial charge is 0.483 e. The molecule has 0 bridgehead atoms. The fraction of sp³-hybridized carbons (Fsp3) is 0.300. The van der Waals surface area contributed by atoms with E-state index in [0.29, 0.717) is 11.3 Å². The number of ether oxygens (including phenoxy) is 1. The number of hydrogen-bond acceptors (Lipinski definition) is 3. The van der Waals surface area contributed by atoms with Crippen molar-refractivity contribution in [3.8, 4) is 5.75 Å². The molecule has 0 fully saturated rings. The minimum atomic E-state index is -4.41. The molecular weight excluding hydrogens is 371 g/mol. The van der Waals surface area contributed by atoms with Gasteiger partial charge in [-0.25, -0.2) is 0 Å². The number of pyridine rings is 1. The van der Waals surface area contributed by atoms with Crippen LogP contribution in [0, 0.1) is 6.92 Å². The zero-order chi connectivity index (χ0) is 20.5. The number of alkyl halides is 3. The summed E-state index contributed by atoms with van der Waals surface area (Å²) < 4.78 is 43.1. The van der Waals surface area contributed by atoms with Gasteiger partial charge >= 0.3 is 6.18 Å². The first-order valence-corrected chi connectivity index (χ1v) is 8.66. The van der Waals surface area contributed by atoms with E-state index in [0.717, 1.165) is 16.5 Å². The lowest BCUT2D eigenvalue weighted by Crippen LogP contribution is -2.27. The number of nitrogens with zero attached hydrogens (tertiary/aromatic N) is 2. The summed E-state index contributed by atoms with van der Waals surface area (Å²) in [4.78, 5) is 16.8. The Morgan fingerprint density at radius 2 is 2.04 bits per heavy atom. The van der Waals surface area contributed by atoms with E-state index in [1.165, 1.54) is 18.3 Å². The van der Waals surface area contributed by atoms with Crippen molar-refractivity contribution >= 4 is 16.8 Å². The van der Waals surface area contributed by atoms with Gasteiger partial charge in [0.25, 0.3) is 5.91 Å². The number of fused-ring (bicyclic) bond motifs is 1. The van der Waals surface area contributed by atoms with Crippen molar-refractivity contribution in [2.45, 2.75) is 26.1 Å². The van der Waals surface area contributed by atoms with Crippen LogP contribution in [0.5, 0.6) is 5.75 Å². The first-order valence-electron chi connectivity index (χ1n) is 8.66. The molecule has 28 heavy (non-hydrogen) atoms. The Bertz CT molecular complexity index is 994. The van der Waals surface area contributed by atoms with Crippen molar-refractivity contribution in [3.05, 3.63) is 59.5 Å². The highest BCUT2D eigenvalue weighted by Gasteiger charge is 2.28. The van der Waals surface area contributed by atoms with Gasteiger partial charge in [0.1, 0.15) is 5.75 Å². The number of aryl methyl sites for hydroxylation is 2.